The van der Waals surface area contributed by atoms with E-state index < -0.39 is 0 Å². The highest BCUT2D eigenvalue weighted by molar-refractivity contribution is 5.98. The van der Waals surface area contributed by atoms with Gasteiger partial charge in [-0.3, -0.25) is 9.59 Å². The summed E-state index contributed by atoms with van der Waals surface area (Å²) in [5.41, 5.74) is 2.05. The summed E-state index contributed by atoms with van der Waals surface area (Å²) in [6.07, 6.45) is 6.93. The molecule has 1 saturated carbocycles. The SMILES string of the molecule is O=C(c1ccc2nc[nH]c2c1)N1CCC2(CCCN(CC3CC3)C2=O)C1. The lowest BCUT2D eigenvalue weighted by Gasteiger charge is -2.39. The van der Waals surface area contributed by atoms with Crippen LogP contribution >= 0.6 is 0 Å². The number of hydrogen-bond donors (Lipinski definition) is 1. The second kappa shape index (κ2) is 5.83. The summed E-state index contributed by atoms with van der Waals surface area (Å²) < 4.78 is 0. The summed E-state index contributed by atoms with van der Waals surface area (Å²) in [4.78, 5) is 37.3. The van der Waals surface area contributed by atoms with Crippen molar-refractivity contribution in [3.63, 3.8) is 0 Å². The third-order valence-electron chi connectivity index (χ3n) is 6.31. The topological polar surface area (TPSA) is 69.3 Å². The average molecular weight is 352 g/mol. The first-order valence-corrected chi connectivity index (χ1v) is 9.66. The van der Waals surface area contributed by atoms with Gasteiger partial charge in [0, 0.05) is 31.7 Å². The standard InChI is InChI=1S/C20H24N4O2/c25-18(15-4-5-16-17(10-15)22-13-21-16)24-9-7-20(12-24)6-1-8-23(19(20)26)11-14-2-3-14/h4-5,10,13-14H,1-3,6-9,11-12H2,(H,21,22). The minimum Gasteiger partial charge on any atom is -0.345 e. The molecule has 3 aliphatic rings. The summed E-state index contributed by atoms with van der Waals surface area (Å²) in [5.74, 6) is 1.02. The maximum Gasteiger partial charge on any atom is 0.253 e. The summed E-state index contributed by atoms with van der Waals surface area (Å²) in [5, 5.41) is 0. The highest BCUT2D eigenvalue weighted by atomic mass is 16.2. The lowest BCUT2D eigenvalue weighted by Crippen LogP contribution is -2.50. The van der Waals surface area contributed by atoms with Gasteiger partial charge >= 0.3 is 0 Å². The Labute approximate surface area is 152 Å². The molecule has 2 saturated heterocycles. The second-order valence-corrected chi connectivity index (χ2v) is 8.19. The number of fused-ring (bicyclic) bond motifs is 1. The van der Waals surface area contributed by atoms with Gasteiger partial charge in [-0.25, -0.2) is 4.98 Å². The number of imidazole rings is 1. The molecule has 3 heterocycles. The Morgan fingerprint density at radius 1 is 1.27 bits per heavy atom. The molecule has 6 nitrogen and oxygen atoms in total. The van der Waals surface area contributed by atoms with Crippen LogP contribution in [-0.4, -0.2) is 57.8 Å². The van der Waals surface area contributed by atoms with E-state index >= 15 is 0 Å². The van der Waals surface area contributed by atoms with Crippen molar-refractivity contribution in [1.82, 2.24) is 19.8 Å². The molecular formula is C20H24N4O2. The monoisotopic (exact) mass is 352 g/mol. The van der Waals surface area contributed by atoms with E-state index in [1.54, 1.807) is 6.33 Å². The first kappa shape index (κ1) is 15.9. The lowest BCUT2D eigenvalue weighted by atomic mass is 9.78. The van der Waals surface area contributed by atoms with Gasteiger partial charge < -0.3 is 14.8 Å². The Morgan fingerprint density at radius 3 is 3.00 bits per heavy atom. The van der Waals surface area contributed by atoms with Crippen molar-refractivity contribution < 1.29 is 9.59 Å². The number of carbonyl (C=O) groups is 2. The van der Waals surface area contributed by atoms with Gasteiger partial charge in [0.05, 0.1) is 22.8 Å². The van der Waals surface area contributed by atoms with Crippen LogP contribution in [0, 0.1) is 11.3 Å². The summed E-state index contributed by atoms with van der Waals surface area (Å²) in [6.45, 7) is 3.04. The van der Waals surface area contributed by atoms with Crippen LogP contribution in [0.3, 0.4) is 0 Å². The third kappa shape index (κ3) is 2.59. The zero-order valence-corrected chi connectivity index (χ0v) is 14.9. The minimum atomic E-state index is -0.346. The summed E-state index contributed by atoms with van der Waals surface area (Å²) in [6, 6.07) is 5.56. The zero-order valence-electron chi connectivity index (χ0n) is 14.9. The Hall–Kier alpha value is -2.37. The van der Waals surface area contributed by atoms with Crippen molar-refractivity contribution in [1.29, 1.82) is 0 Å². The van der Waals surface area contributed by atoms with E-state index in [2.05, 4.69) is 14.9 Å². The number of benzene rings is 1. The minimum absolute atomic E-state index is 0.0190. The van der Waals surface area contributed by atoms with Crippen LogP contribution in [0.5, 0.6) is 0 Å². The van der Waals surface area contributed by atoms with Gasteiger partial charge in [0.15, 0.2) is 0 Å². The fourth-order valence-corrected chi connectivity index (χ4v) is 4.61. The molecular weight excluding hydrogens is 328 g/mol. The number of nitrogens with zero attached hydrogens (tertiary/aromatic N) is 3. The molecule has 1 atom stereocenters. The lowest BCUT2D eigenvalue weighted by molar-refractivity contribution is -0.145. The van der Waals surface area contributed by atoms with Crippen LogP contribution in [0.1, 0.15) is 42.5 Å². The molecule has 136 valence electrons. The first-order chi connectivity index (χ1) is 12.6. The van der Waals surface area contributed by atoms with Crippen molar-refractivity contribution in [2.45, 2.75) is 32.1 Å². The predicted octanol–water partition coefficient (Wildman–Crippen LogP) is 2.43. The number of hydrogen-bond acceptors (Lipinski definition) is 3. The molecule has 2 amide bonds. The van der Waals surface area contributed by atoms with Crippen molar-refractivity contribution in [3.8, 4) is 0 Å². The number of nitrogens with one attached hydrogen (secondary N) is 1. The number of piperidine rings is 1. The Bertz CT molecular complexity index is 872. The van der Waals surface area contributed by atoms with E-state index in [1.807, 2.05) is 23.1 Å². The van der Waals surface area contributed by atoms with Crippen LogP contribution in [0.4, 0.5) is 0 Å². The van der Waals surface area contributed by atoms with Crippen molar-refractivity contribution in [2.24, 2.45) is 11.3 Å². The van der Waals surface area contributed by atoms with E-state index in [-0.39, 0.29) is 17.2 Å². The average Bonchev–Trinajstić information content (AvgIpc) is 3.18. The molecule has 26 heavy (non-hydrogen) atoms. The predicted molar refractivity (Wildman–Crippen MR) is 97.6 cm³/mol. The largest absolute Gasteiger partial charge is 0.345 e. The van der Waals surface area contributed by atoms with Gasteiger partial charge in [0.1, 0.15) is 0 Å². The van der Waals surface area contributed by atoms with E-state index in [9.17, 15) is 9.59 Å². The van der Waals surface area contributed by atoms with Gasteiger partial charge in [0.25, 0.3) is 5.91 Å². The van der Waals surface area contributed by atoms with Crippen LogP contribution in [0.25, 0.3) is 11.0 Å². The molecule has 1 unspecified atom stereocenters. The summed E-state index contributed by atoms with van der Waals surface area (Å²) in [7, 11) is 0. The number of aromatic nitrogens is 2. The van der Waals surface area contributed by atoms with Crippen LogP contribution in [0.15, 0.2) is 24.5 Å². The molecule has 1 aromatic carbocycles. The molecule has 0 bridgehead atoms. The number of rotatable bonds is 3. The molecule has 1 aliphatic carbocycles. The van der Waals surface area contributed by atoms with Crippen LogP contribution in [0.2, 0.25) is 0 Å². The fraction of sp³-hybridized carbons (Fsp3) is 0.550. The quantitative estimate of drug-likeness (QED) is 0.922. The number of H-pyrrole nitrogens is 1. The number of amides is 2. The Balaban J connectivity index is 1.33. The third-order valence-corrected chi connectivity index (χ3v) is 6.31. The Morgan fingerprint density at radius 2 is 2.15 bits per heavy atom. The second-order valence-electron chi connectivity index (χ2n) is 8.19. The number of aromatic amines is 1. The molecule has 2 aromatic rings. The van der Waals surface area contributed by atoms with Crippen LogP contribution in [-0.2, 0) is 4.79 Å². The molecule has 2 aliphatic heterocycles. The highest BCUT2D eigenvalue weighted by Gasteiger charge is 2.50. The molecule has 6 heteroatoms. The maximum absolute atomic E-state index is 13.1. The zero-order chi connectivity index (χ0) is 17.7. The molecule has 1 spiro atoms. The normalized spacial score (nSPS) is 26.2. The van der Waals surface area contributed by atoms with Gasteiger partial charge in [-0.15, -0.1) is 0 Å². The summed E-state index contributed by atoms with van der Waals surface area (Å²) >= 11 is 0. The van der Waals surface area contributed by atoms with Crippen LogP contribution < -0.4 is 0 Å². The van der Waals surface area contributed by atoms with Crippen molar-refractivity contribution in [3.05, 3.63) is 30.1 Å². The van der Waals surface area contributed by atoms with E-state index in [0.29, 0.717) is 18.7 Å². The first-order valence-electron chi connectivity index (χ1n) is 9.66. The molecule has 1 aromatic heterocycles. The Kier molecular flexibility index (Phi) is 3.55. The molecule has 5 rings (SSSR count). The van der Waals surface area contributed by atoms with E-state index in [1.165, 1.54) is 12.8 Å². The smallest absolute Gasteiger partial charge is 0.253 e. The van der Waals surface area contributed by atoms with E-state index in [0.717, 1.165) is 49.3 Å². The van der Waals surface area contributed by atoms with Gasteiger partial charge in [-0.05, 0) is 56.2 Å². The number of likely N-dealkylation sites (tertiary alicyclic amines) is 2. The molecule has 3 fully saturated rings. The highest BCUT2D eigenvalue weighted by Crippen LogP contribution is 2.42. The van der Waals surface area contributed by atoms with Crippen molar-refractivity contribution >= 4 is 22.8 Å². The molecule has 0 radical (unpaired) electrons. The van der Waals surface area contributed by atoms with Gasteiger partial charge in [0.2, 0.25) is 5.91 Å². The number of carbonyl (C=O) groups excluding carboxylic acids is 2. The van der Waals surface area contributed by atoms with Gasteiger partial charge in [-0.1, -0.05) is 0 Å². The fourth-order valence-electron chi connectivity index (χ4n) is 4.61. The van der Waals surface area contributed by atoms with E-state index in [4.69, 9.17) is 0 Å². The molecule has 1 N–H and O–H groups in total. The van der Waals surface area contributed by atoms with Gasteiger partial charge in [-0.2, -0.15) is 0 Å². The maximum atomic E-state index is 13.1. The van der Waals surface area contributed by atoms with Crippen molar-refractivity contribution in [2.75, 3.05) is 26.2 Å².